The molecule has 3 N–H and O–H groups in total. The first-order chi connectivity index (χ1) is 7.92. The predicted molar refractivity (Wildman–Crippen MR) is 63.8 cm³/mol. The molecule has 7 heteroatoms. The molecule has 6 nitrogen and oxygen atoms in total. The smallest absolute Gasteiger partial charge is 0.324 e. The summed E-state index contributed by atoms with van der Waals surface area (Å²) in [5.41, 5.74) is -1.34. The van der Waals surface area contributed by atoms with Crippen molar-refractivity contribution in [2.45, 2.75) is 51.0 Å². The normalized spacial score (nSPS) is 20.8. The first kappa shape index (κ1) is 14.4. The van der Waals surface area contributed by atoms with Gasteiger partial charge in [-0.25, -0.2) is 4.72 Å². The van der Waals surface area contributed by atoms with Gasteiger partial charge in [-0.2, -0.15) is 13.1 Å². The lowest BCUT2D eigenvalue weighted by atomic mass is 9.92. The quantitative estimate of drug-likeness (QED) is 0.634. The first-order valence-electron chi connectivity index (χ1n) is 5.94. The molecule has 0 atom stereocenters. The lowest BCUT2D eigenvalue weighted by molar-refractivity contribution is -0.144. The molecule has 1 rings (SSSR count). The molecule has 0 aliphatic heterocycles. The fourth-order valence-corrected chi connectivity index (χ4v) is 3.43. The molecular formula is C10H20N2O4S. The van der Waals surface area contributed by atoms with Crippen LogP contribution in [-0.2, 0) is 15.0 Å². The monoisotopic (exact) mass is 264 g/mol. The summed E-state index contributed by atoms with van der Waals surface area (Å²) in [6.45, 7) is 1.89. The highest BCUT2D eigenvalue weighted by Gasteiger charge is 2.41. The van der Waals surface area contributed by atoms with Gasteiger partial charge in [-0.3, -0.25) is 4.79 Å². The molecule has 0 spiro atoms. The van der Waals surface area contributed by atoms with Crippen LogP contribution in [0.3, 0.4) is 0 Å². The van der Waals surface area contributed by atoms with Crippen molar-refractivity contribution >= 4 is 16.2 Å². The lowest BCUT2D eigenvalue weighted by Crippen LogP contribution is -2.57. The number of carbonyl (C=O) groups is 1. The van der Waals surface area contributed by atoms with E-state index in [0.717, 1.165) is 25.7 Å². The molecule has 0 aromatic carbocycles. The Bertz CT molecular complexity index is 359. The molecule has 100 valence electrons. The third-order valence-corrected chi connectivity index (χ3v) is 4.36. The molecule has 1 fully saturated rings. The molecule has 1 saturated carbocycles. The maximum atomic E-state index is 11.6. The fraction of sp³-hybridized carbons (Fsp3) is 0.900. The van der Waals surface area contributed by atoms with Crippen molar-refractivity contribution in [2.24, 2.45) is 0 Å². The summed E-state index contributed by atoms with van der Waals surface area (Å²) in [5.74, 6) is -1.08. The molecule has 0 saturated heterocycles. The summed E-state index contributed by atoms with van der Waals surface area (Å²) >= 11 is 0. The Morgan fingerprint density at radius 1 is 1.24 bits per heavy atom. The van der Waals surface area contributed by atoms with Gasteiger partial charge in [-0.1, -0.05) is 32.6 Å². The van der Waals surface area contributed by atoms with Gasteiger partial charge in [0, 0.05) is 6.54 Å². The fourth-order valence-electron chi connectivity index (χ4n) is 2.17. The average molecular weight is 264 g/mol. The van der Waals surface area contributed by atoms with E-state index in [1.165, 1.54) is 0 Å². The topological polar surface area (TPSA) is 95.5 Å². The van der Waals surface area contributed by atoms with Crippen LogP contribution in [0.25, 0.3) is 0 Å². The summed E-state index contributed by atoms with van der Waals surface area (Å²) in [5, 5.41) is 9.29. The number of hydrogen-bond acceptors (Lipinski definition) is 3. The van der Waals surface area contributed by atoms with Crippen LogP contribution in [0, 0.1) is 0 Å². The Balaban J connectivity index is 2.88. The second kappa shape index (κ2) is 5.79. The zero-order valence-electron chi connectivity index (χ0n) is 10.0. The standard InChI is InChI=1S/C10H20N2O4S/c1-2-11-17(15,16)12-10(9(13)14)7-5-3-4-6-8-10/h11-12H,2-8H2,1H3,(H,13,14). The predicted octanol–water partition coefficient (Wildman–Crippen LogP) is 0.608. The molecule has 17 heavy (non-hydrogen) atoms. The molecule has 1 aliphatic rings. The van der Waals surface area contributed by atoms with Crippen LogP contribution in [0.5, 0.6) is 0 Å². The minimum Gasteiger partial charge on any atom is -0.480 e. The zero-order chi connectivity index (χ0) is 12.9. The largest absolute Gasteiger partial charge is 0.480 e. The van der Waals surface area contributed by atoms with Crippen molar-refractivity contribution in [3.63, 3.8) is 0 Å². The maximum absolute atomic E-state index is 11.6. The van der Waals surface area contributed by atoms with Crippen LogP contribution in [0.1, 0.15) is 45.4 Å². The third kappa shape index (κ3) is 3.93. The Morgan fingerprint density at radius 3 is 2.18 bits per heavy atom. The molecule has 0 heterocycles. The number of carboxylic acid groups (broad SMARTS) is 1. The van der Waals surface area contributed by atoms with E-state index in [1.54, 1.807) is 6.92 Å². The molecule has 0 unspecified atom stereocenters. The number of rotatable bonds is 5. The van der Waals surface area contributed by atoms with Crippen LogP contribution >= 0.6 is 0 Å². The number of hydrogen-bond donors (Lipinski definition) is 3. The first-order valence-corrected chi connectivity index (χ1v) is 7.42. The van der Waals surface area contributed by atoms with Gasteiger partial charge in [0.05, 0.1) is 0 Å². The van der Waals surface area contributed by atoms with E-state index in [9.17, 15) is 18.3 Å². The second-order valence-electron chi connectivity index (χ2n) is 4.40. The molecule has 1 aliphatic carbocycles. The molecule has 0 radical (unpaired) electrons. The SMILES string of the molecule is CCNS(=O)(=O)NC1(C(=O)O)CCCCCC1. The van der Waals surface area contributed by atoms with E-state index in [2.05, 4.69) is 9.44 Å². The van der Waals surface area contributed by atoms with Gasteiger partial charge in [0.2, 0.25) is 0 Å². The van der Waals surface area contributed by atoms with Gasteiger partial charge in [0.1, 0.15) is 5.54 Å². The zero-order valence-corrected chi connectivity index (χ0v) is 10.8. The third-order valence-electron chi connectivity index (χ3n) is 3.03. The Hall–Kier alpha value is -0.660. The van der Waals surface area contributed by atoms with Crippen molar-refractivity contribution < 1.29 is 18.3 Å². The highest BCUT2D eigenvalue weighted by Crippen LogP contribution is 2.28. The maximum Gasteiger partial charge on any atom is 0.324 e. The molecule has 0 amide bonds. The van der Waals surface area contributed by atoms with E-state index in [0.29, 0.717) is 12.8 Å². The van der Waals surface area contributed by atoms with Gasteiger partial charge in [0.25, 0.3) is 10.2 Å². The highest BCUT2D eigenvalue weighted by molar-refractivity contribution is 7.87. The van der Waals surface area contributed by atoms with Crippen LogP contribution < -0.4 is 9.44 Å². The Kier molecular flexibility index (Phi) is 4.91. The van der Waals surface area contributed by atoms with E-state index in [1.807, 2.05) is 0 Å². The van der Waals surface area contributed by atoms with Crippen LogP contribution in [0.4, 0.5) is 0 Å². The van der Waals surface area contributed by atoms with Crippen LogP contribution in [0.15, 0.2) is 0 Å². The summed E-state index contributed by atoms with van der Waals surface area (Å²) in [6, 6.07) is 0. The minimum atomic E-state index is -3.73. The average Bonchev–Trinajstić information content (AvgIpc) is 2.43. The summed E-state index contributed by atoms with van der Waals surface area (Å²) in [6.07, 6.45) is 4.09. The second-order valence-corrected chi connectivity index (χ2v) is 5.90. The van der Waals surface area contributed by atoms with Crippen molar-refractivity contribution in [3.8, 4) is 0 Å². The van der Waals surface area contributed by atoms with E-state index < -0.39 is 21.7 Å². The van der Waals surface area contributed by atoms with Crippen molar-refractivity contribution in [1.82, 2.24) is 9.44 Å². The molecule has 0 aromatic heterocycles. The Labute approximate surface area is 102 Å². The number of aliphatic carboxylic acids is 1. The Morgan fingerprint density at radius 2 is 1.76 bits per heavy atom. The minimum absolute atomic E-state index is 0.241. The van der Waals surface area contributed by atoms with Gasteiger partial charge in [0.15, 0.2) is 0 Å². The van der Waals surface area contributed by atoms with Gasteiger partial charge < -0.3 is 5.11 Å². The summed E-state index contributed by atoms with van der Waals surface area (Å²) < 4.78 is 27.8. The van der Waals surface area contributed by atoms with Gasteiger partial charge >= 0.3 is 5.97 Å². The van der Waals surface area contributed by atoms with E-state index in [4.69, 9.17) is 0 Å². The van der Waals surface area contributed by atoms with E-state index >= 15 is 0 Å². The summed E-state index contributed by atoms with van der Waals surface area (Å²) in [4.78, 5) is 11.4. The van der Waals surface area contributed by atoms with Crippen molar-refractivity contribution in [2.75, 3.05) is 6.54 Å². The lowest BCUT2D eigenvalue weighted by Gasteiger charge is -2.28. The molecule has 0 aromatic rings. The molecular weight excluding hydrogens is 244 g/mol. The van der Waals surface area contributed by atoms with E-state index in [-0.39, 0.29) is 6.54 Å². The number of nitrogens with one attached hydrogen (secondary N) is 2. The van der Waals surface area contributed by atoms with Gasteiger partial charge in [-0.05, 0) is 12.8 Å². The van der Waals surface area contributed by atoms with Crippen molar-refractivity contribution in [3.05, 3.63) is 0 Å². The molecule has 0 bridgehead atoms. The highest BCUT2D eigenvalue weighted by atomic mass is 32.2. The van der Waals surface area contributed by atoms with Crippen LogP contribution in [0.2, 0.25) is 0 Å². The van der Waals surface area contributed by atoms with Gasteiger partial charge in [-0.15, -0.1) is 0 Å². The van der Waals surface area contributed by atoms with Crippen LogP contribution in [-0.4, -0.2) is 31.6 Å². The summed E-state index contributed by atoms with van der Waals surface area (Å²) in [7, 11) is -3.73. The van der Waals surface area contributed by atoms with Crippen molar-refractivity contribution in [1.29, 1.82) is 0 Å². The number of carboxylic acids is 1.